The number of pyridine rings is 1. The second-order valence-corrected chi connectivity index (χ2v) is 5.90. The van der Waals surface area contributed by atoms with Crippen LogP contribution in [0.25, 0.3) is 11.4 Å². The highest BCUT2D eigenvalue weighted by atomic mass is 35.5. The van der Waals surface area contributed by atoms with Crippen molar-refractivity contribution < 1.29 is 9.53 Å². The van der Waals surface area contributed by atoms with Gasteiger partial charge in [0.15, 0.2) is 0 Å². The van der Waals surface area contributed by atoms with Crippen molar-refractivity contribution in [1.29, 1.82) is 0 Å². The van der Waals surface area contributed by atoms with Crippen LogP contribution in [0.3, 0.4) is 0 Å². The summed E-state index contributed by atoms with van der Waals surface area (Å²) < 4.78 is 5.86. The van der Waals surface area contributed by atoms with Crippen molar-refractivity contribution in [2.24, 2.45) is 0 Å². The Morgan fingerprint density at radius 3 is 2.92 bits per heavy atom. The van der Waals surface area contributed by atoms with Gasteiger partial charge < -0.3 is 15.4 Å². The largest absolute Gasteiger partial charge is 0.371 e. The fraction of sp³-hybridized carbons (Fsp3) is 0.375. The van der Waals surface area contributed by atoms with Crippen LogP contribution in [0.5, 0.6) is 0 Å². The molecule has 1 saturated heterocycles. The van der Waals surface area contributed by atoms with E-state index in [0.29, 0.717) is 23.1 Å². The minimum Gasteiger partial charge on any atom is -0.371 e. The second kappa shape index (κ2) is 7.21. The zero-order valence-corrected chi connectivity index (χ0v) is 14.2. The van der Waals surface area contributed by atoms with E-state index >= 15 is 0 Å². The molecule has 24 heavy (non-hydrogen) atoms. The third-order valence-corrected chi connectivity index (χ3v) is 4.05. The number of nitrogens with zero attached hydrogens (tertiary/aromatic N) is 3. The van der Waals surface area contributed by atoms with Crippen molar-refractivity contribution in [3.8, 4) is 11.4 Å². The molecule has 0 bridgehead atoms. The van der Waals surface area contributed by atoms with Crippen molar-refractivity contribution in [3.05, 3.63) is 40.9 Å². The quantitative estimate of drug-likeness (QED) is 0.820. The first-order valence-corrected chi connectivity index (χ1v) is 8.03. The maximum Gasteiger partial charge on any atom is 0.269 e. The number of hydrogen-bond acceptors (Lipinski definition) is 6. The molecule has 2 atom stereocenters. The van der Waals surface area contributed by atoms with Crippen LogP contribution in [-0.4, -0.2) is 47.1 Å². The molecule has 0 aliphatic carbocycles. The molecular weight excluding hydrogens is 330 g/mol. The predicted octanol–water partition coefficient (Wildman–Crippen LogP) is 1.60. The summed E-state index contributed by atoms with van der Waals surface area (Å²) in [7, 11) is 1.55. The molecule has 0 unspecified atom stereocenters. The van der Waals surface area contributed by atoms with E-state index in [-0.39, 0.29) is 23.7 Å². The summed E-state index contributed by atoms with van der Waals surface area (Å²) in [6.07, 6.45) is 1.22. The first-order valence-electron chi connectivity index (χ1n) is 7.65. The standard InChI is InChI=1S/C16H18ClN5O2/c1-9-15(24-4-3-19-9)10-5-12(22-14(17)6-10)11-7-13(16(23)18-2)21-8-20-11/h5-9,15,19H,3-4H2,1-2H3,(H,18,23)/t9-,15+/m1/s1. The Kier molecular flexibility index (Phi) is 5.03. The number of carbonyl (C=O) groups excluding carboxylic acids is 1. The highest BCUT2D eigenvalue weighted by molar-refractivity contribution is 6.29. The molecule has 126 valence electrons. The number of rotatable bonds is 3. The molecular formula is C16H18ClN5O2. The first kappa shape index (κ1) is 16.8. The monoisotopic (exact) mass is 347 g/mol. The average molecular weight is 348 g/mol. The van der Waals surface area contributed by atoms with Gasteiger partial charge in [0.05, 0.1) is 24.1 Å². The lowest BCUT2D eigenvalue weighted by Crippen LogP contribution is -2.41. The van der Waals surface area contributed by atoms with Gasteiger partial charge in [0, 0.05) is 19.6 Å². The third kappa shape index (κ3) is 3.53. The van der Waals surface area contributed by atoms with E-state index in [1.807, 2.05) is 6.07 Å². The molecule has 1 amide bonds. The molecule has 1 fully saturated rings. The van der Waals surface area contributed by atoms with Gasteiger partial charge in [-0.05, 0) is 30.7 Å². The van der Waals surface area contributed by atoms with Crippen LogP contribution < -0.4 is 10.6 Å². The molecule has 0 spiro atoms. The third-order valence-electron chi connectivity index (χ3n) is 3.85. The minimum atomic E-state index is -0.283. The molecule has 2 aromatic rings. The van der Waals surface area contributed by atoms with Crippen molar-refractivity contribution in [2.45, 2.75) is 19.1 Å². The summed E-state index contributed by atoms with van der Waals surface area (Å²) >= 11 is 6.19. The molecule has 0 saturated carbocycles. The van der Waals surface area contributed by atoms with Crippen LogP contribution in [0.1, 0.15) is 29.1 Å². The highest BCUT2D eigenvalue weighted by Gasteiger charge is 2.24. The van der Waals surface area contributed by atoms with E-state index < -0.39 is 0 Å². The summed E-state index contributed by atoms with van der Waals surface area (Å²) in [6, 6.07) is 5.43. The van der Waals surface area contributed by atoms with Gasteiger partial charge in [-0.1, -0.05) is 11.6 Å². The van der Waals surface area contributed by atoms with Crippen molar-refractivity contribution >= 4 is 17.5 Å². The number of amides is 1. The Bertz CT molecular complexity index is 755. The zero-order chi connectivity index (χ0) is 17.1. The second-order valence-electron chi connectivity index (χ2n) is 5.51. The van der Waals surface area contributed by atoms with E-state index in [2.05, 4.69) is 32.5 Å². The van der Waals surface area contributed by atoms with Gasteiger partial charge >= 0.3 is 0 Å². The molecule has 8 heteroatoms. The Morgan fingerprint density at radius 2 is 2.17 bits per heavy atom. The molecule has 1 aliphatic rings. The molecule has 3 heterocycles. The average Bonchev–Trinajstić information content (AvgIpc) is 2.61. The molecule has 1 aliphatic heterocycles. The molecule has 0 radical (unpaired) electrons. The lowest BCUT2D eigenvalue weighted by atomic mass is 10.0. The van der Waals surface area contributed by atoms with E-state index in [9.17, 15) is 4.79 Å². The normalized spacial score (nSPS) is 20.6. The number of halogens is 1. The lowest BCUT2D eigenvalue weighted by Gasteiger charge is -2.30. The highest BCUT2D eigenvalue weighted by Crippen LogP contribution is 2.28. The van der Waals surface area contributed by atoms with Gasteiger partial charge in [0.25, 0.3) is 5.91 Å². The molecule has 7 nitrogen and oxygen atoms in total. The maximum atomic E-state index is 11.7. The van der Waals surface area contributed by atoms with Gasteiger partial charge in [-0.3, -0.25) is 4.79 Å². The maximum absolute atomic E-state index is 11.7. The van der Waals surface area contributed by atoms with Crippen molar-refractivity contribution in [3.63, 3.8) is 0 Å². The van der Waals surface area contributed by atoms with Crippen LogP contribution >= 0.6 is 11.6 Å². The van der Waals surface area contributed by atoms with E-state index in [4.69, 9.17) is 16.3 Å². The summed E-state index contributed by atoms with van der Waals surface area (Å²) in [5.74, 6) is -0.283. The minimum absolute atomic E-state index is 0.113. The first-order chi connectivity index (χ1) is 11.6. The van der Waals surface area contributed by atoms with E-state index in [1.54, 1.807) is 19.2 Å². The van der Waals surface area contributed by atoms with Gasteiger partial charge in [0.2, 0.25) is 0 Å². The lowest BCUT2D eigenvalue weighted by molar-refractivity contribution is -0.000236. The number of aromatic nitrogens is 3. The topological polar surface area (TPSA) is 89.0 Å². The van der Waals surface area contributed by atoms with Crippen LogP contribution in [-0.2, 0) is 4.74 Å². The van der Waals surface area contributed by atoms with Crippen LogP contribution in [0.2, 0.25) is 5.15 Å². The van der Waals surface area contributed by atoms with Gasteiger partial charge in [0.1, 0.15) is 17.2 Å². The summed E-state index contributed by atoms with van der Waals surface area (Å²) in [5.41, 5.74) is 2.30. The number of hydrogen-bond donors (Lipinski definition) is 2. The van der Waals surface area contributed by atoms with Crippen LogP contribution in [0.15, 0.2) is 24.5 Å². The number of ether oxygens (including phenoxy) is 1. The van der Waals surface area contributed by atoms with E-state index in [1.165, 1.54) is 6.33 Å². The molecule has 0 aromatic carbocycles. The smallest absolute Gasteiger partial charge is 0.269 e. The zero-order valence-electron chi connectivity index (χ0n) is 13.4. The number of nitrogens with one attached hydrogen (secondary N) is 2. The molecule has 2 N–H and O–H groups in total. The Hall–Kier alpha value is -2.09. The Labute approximate surface area is 144 Å². The number of carbonyl (C=O) groups is 1. The summed E-state index contributed by atoms with van der Waals surface area (Å²) in [4.78, 5) is 24.2. The Balaban J connectivity index is 1.98. The van der Waals surface area contributed by atoms with Gasteiger partial charge in [-0.2, -0.15) is 0 Å². The summed E-state index contributed by atoms with van der Waals surface area (Å²) in [5, 5.41) is 6.26. The predicted molar refractivity (Wildman–Crippen MR) is 89.8 cm³/mol. The fourth-order valence-corrected chi connectivity index (χ4v) is 2.89. The molecule has 3 rings (SSSR count). The van der Waals surface area contributed by atoms with E-state index in [0.717, 1.165) is 12.1 Å². The SMILES string of the molecule is CNC(=O)c1cc(-c2cc([C@H]3OCCN[C@@H]3C)cc(Cl)n2)ncn1. The van der Waals surface area contributed by atoms with Gasteiger partial charge in [-0.25, -0.2) is 15.0 Å². The molecule has 2 aromatic heterocycles. The summed E-state index contributed by atoms with van der Waals surface area (Å²) in [6.45, 7) is 3.52. The number of morpholine rings is 1. The van der Waals surface area contributed by atoms with Crippen LogP contribution in [0.4, 0.5) is 0 Å². The Morgan fingerprint density at radius 1 is 1.33 bits per heavy atom. The fourth-order valence-electron chi connectivity index (χ4n) is 2.67. The van der Waals surface area contributed by atoms with Crippen molar-refractivity contribution in [2.75, 3.05) is 20.2 Å². The van der Waals surface area contributed by atoms with Gasteiger partial charge in [-0.15, -0.1) is 0 Å². The van der Waals surface area contributed by atoms with Crippen LogP contribution in [0, 0.1) is 0 Å². The van der Waals surface area contributed by atoms with Crippen molar-refractivity contribution in [1.82, 2.24) is 25.6 Å².